The van der Waals surface area contributed by atoms with E-state index in [0.717, 1.165) is 25.0 Å². The van der Waals surface area contributed by atoms with Crippen molar-refractivity contribution in [2.75, 3.05) is 26.2 Å². The van der Waals surface area contributed by atoms with Gasteiger partial charge in [0, 0.05) is 25.4 Å². The maximum Gasteiger partial charge on any atom is 0.260 e. The zero-order valence-corrected chi connectivity index (χ0v) is 12.4. The SMILES string of the molecule is Cc1ccc(C(=O)N2CCC(OCCCN)CC2)c(=O)[nH]1. The van der Waals surface area contributed by atoms with E-state index in [0.29, 0.717) is 26.2 Å². The van der Waals surface area contributed by atoms with Crippen LogP contribution in [0.25, 0.3) is 0 Å². The van der Waals surface area contributed by atoms with E-state index < -0.39 is 0 Å². The molecule has 1 fully saturated rings. The van der Waals surface area contributed by atoms with E-state index in [-0.39, 0.29) is 23.1 Å². The van der Waals surface area contributed by atoms with Crippen LogP contribution in [0.2, 0.25) is 0 Å². The minimum Gasteiger partial charge on any atom is -0.378 e. The number of H-pyrrole nitrogens is 1. The summed E-state index contributed by atoms with van der Waals surface area (Å²) in [5.74, 6) is -0.198. The number of amides is 1. The highest BCUT2D eigenvalue weighted by molar-refractivity contribution is 5.93. The van der Waals surface area contributed by atoms with Crippen LogP contribution in [0.3, 0.4) is 0 Å². The lowest BCUT2D eigenvalue weighted by Crippen LogP contribution is -2.42. The van der Waals surface area contributed by atoms with Gasteiger partial charge in [-0.15, -0.1) is 0 Å². The molecule has 0 aliphatic carbocycles. The number of hydrogen-bond acceptors (Lipinski definition) is 4. The van der Waals surface area contributed by atoms with Gasteiger partial charge in [0.15, 0.2) is 0 Å². The summed E-state index contributed by atoms with van der Waals surface area (Å²) in [5.41, 5.74) is 6.08. The van der Waals surface area contributed by atoms with Crippen molar-refractivity contribution in [3.63, 3.8) is 0 Å². The highest BCUT2D eigenvalue weighted by Crippen LogP contribution is 2.15. The number of likely N-dealkylation sites (tertiary alicyclic amines) is 1. The van der Waals surface area contributed by atoms with Crippen molar-refractivity contribution in [3.05, 3.63) is 33.7 Å². The van der Waals surface area contributed by atoms with Crippen LogP contribution in [0, 0.1) is 6.92 Å². The summed E-state index contributed by atoms with van der Waals surface area (Å²) in [5, 5.41) is 0. The zero-order chi connectivity index (χ0) is 15.2. The number of carbonyl (C=O) groups excluding carboxylic acids is 1. The summed E-state index contributed by atoms with van der Waals surface area (Å²) in [7, 11) is 0. The van der Waals surface area contributed by atoms with Crippen molar-refractivity contribution in [2.45, 2.75) is 32.3 Å². The number of rotatable bonds is 5. The van der Waals surface area contributed by atoms with Gasteiger partial charge in [-0.05, 0) is 44.9 Å². The number of hydrogen-bond donors (Lipinski definition) is 2. The number of nitrogens with one attached hydrogen (secondary N) is 1. The number of ether oxygens (including phenoxy) is 1. The Morgan fingerprint density at radius 2 is 2.14 bits per heavy atom. The highest BCUT2D eigenvalue weighted by Gasteiger charge is 2.25. The molecule has 6 nitrogen and oxygen atoms in total. The van der Waals surface area contributed by atoms with Gasteiger partial charge in [0.25, 0.3) is 11.5 Å². The van der Waals surface area contributed by atoms with Crippen molar-refractivity contribution < 1.29 is 9.53 Å². The molecule has 2 heterocycles. The molecule has 3 N–H and O–H groups in total. The molecule has 0 bridgehead atoms. The largest absolute Gasteiger partial charge is 0.378 e. The van der Waals surface area contributed by atoms with Gasteiger partial charge in [-0.25, -0.2) is 0 Å². The first-order valence-electron chi connectivity index (χ1n) is 7.42. The molecular weight excluding hydrogens is 270 g/mol. The number of piperidine rings is 1. The number of carbonyl (C=O) groups is 1. The molecule has 0 aromatic carbocycles. The Labute approximate surface area is 124 Å². The number of aromatic amines is 1. The van der Waals surface area contributed by atoms with Crippen molar-refractivity contribution in [1.82, 2.24) is 9.88 Å². The standard InChI is InChI=1S/C15H23N3O3/c1-11-3-4-13(14(19)17-11)15(20)18-8-5-12(6-9-18)21-10-2-7-16/h3-4,12H,2,5-10,16H2,1H3,(H,17,19). The molecule has 0 saturated carbocycles. The Balaban J connectivity index is 1.89. The van der Waals surface area contributed by atoms with Crippen LogP contribution in [0.5, 0.6) is 0 Å². The van der Waals surface area contributed by atoms with Crippen LogP contribution in [0.4, 0.5) is 0 Å². The monoisotopic (exact) mass is 293 g/mol. The lowest BCUT2D eigenvalue weighted by atomic mass is 10.1. The number of nitrogens with zero attached hydrogens (tertiary/aromatic N) is 1. The fraction of sp³-hybridized carbons (Fsp3) is 0.600. The van der Waals surface area contributed by atoms with Crippen LogP contribution < -0.4 is 11.3 Å². The third-order valence-electron chi connectivity index (χ3n) is 3.72. The summed E-state index contributed by atoms with van der Waals surface area (Å²) in [4.78, 5) is 28.6. The number of aromatic nitrogens is 1. The van der Waals surface area contributed by atoms with Gasteiger partial charge >= 0.3 is 0 Å². The van der Waals surface area contributed by atoms with Gasteiger partial charge in [0.1, 0.15) is 5.56 Å². The molecule has 2 rings (SSSR count). The van der Waals surface area contributed by atoms with Crippen LogP contribution in [-0.4, -0.2) is 48.1 Å². The van der Waals surface area contributed by atoms with Gasteiger partial charge in [-0.1, -0.05) is 0 Å². The maximum atomic E-state index is 12.3. The van der Waals surface area contributed by atoms with Crippen molar-refractivity contribution >= 4 is 5.91 Å². The molecule has 1 aliphatic heterocycles. The van der Waals surface area contributed by atoms with Gasteiger partial charge in [0.05, 0.1) is 6.10 Å². The molecule has 1 saturated heterocycles. The summed E-state index contributed by atoms with van der Waals surface area (Å²) in [6, 6.07) is 3.34. The van der Waals surface area contributed by atoms with E-state index in [1.54, 1.807) is 24.0 Å². The van der Waals surface area contributed by atoms with Crippen molar-refractivity contribution in [1.29, 1.82) is 0 Å². The Morgan fingerprint density at radius 3 is 2.76 bits per heavy atom. The number of nitrogens with two attached hydrogens (primary N) is 1. The molecule has 0 spiro atoms. The van der Waals surface area contributed by atoms with E-state index in [2.05, 4.69) is 4.98 Å². The second kappa shape index (κ2) is 7.38. The van der Waals surface area contributed by atoms with Crippen LogP contribution in [-0.2, 0) is 4.74 Å². The predicted molar refractivity (Wildman–Crippen MR) is 80.3 cm³/mol. The van der Waals surface area contributed by atoms with Gasteiger partial charge < -0.3 is 20.4 Å². The van der Waals surface area contributed by atoms with Gasteiger partial charge in [0.2, 0.25) is 0 Å². The molecule has 1 aliphatic rings. The quantitative estimate of drug-likeness (QED) is 0.780. The molecule has 6 heteroatoms. The third-order valence-corrected chi connectivity index (χ3v) is 3.72. The van der Waals surface area contributed by atoms with Crippen LogP contribution in [0.1, 0.15) is 35.3 Å². The van der Waals surface area contributed by atoms with E-state index in [1.165, 1.54) is 0 Å². The summed E-state index contributed by atoms with van der Waals surface area (Å²) in [6.45, 7) is 4.35. The summed E-state index contributed by atoms with van der Waals surface area (Å²) < 4.78 is 5.71. The molecule has 116 valence electrons. The summed E-state index contributed by atoms with van der Waals surface area (Å²) >= 11 is 0. The Morgan fingerprint density at radius 1 is 1.43 bits per heavy atom. The molecule has 1 aromatic heterocycles. The molecule has 1 aromatic rings. The van der Waals surface area contributed by atoms with Crippen molar-refractivity contribution in [3.8, 4) is 0 Å². The second-order valence-electron chi connectivity index (χ2n) is 5.39. The smallest absolute Gasteiger partial charge is 0.260 e. The lowest BCUT2D eigenvalue weighted by molar-refractivity contribution is 0.00840. The summed E-state index contributed by atoms with van der Waals surface area (Å²) in [6.07, 6.45) is 2.66. The Hall–Kier alpha value is -1.66. The van der Waals surface area contributed by atoms with Gasteiger partial charge in [-0.3, -0.25) is 9.59 Å². The molecule has 0 atom stereocenters. The second-order valence-corrected chi connectivity index (χ2v) is 5.39. The minimum absolute atomic E-state index is 0.192. The van der Waals surface area contributed by atoms with E-state index in [4.69, 9.17) is 10.5 Å². The molecule has 1 amide bonds. The molecule has 0 unspecified atom stereocenters. The normalized spacial score (nSPS) is 16.2. The first kappa shape index (κ1) is 15.7. The topological polar surface area (TPSA) is 88.4 Å². The van der Waals surface area contributed by atoms with Crippen LogP contribution >= 0.6 is 0 Å². The average Bonchev–Trinajstić information content (AvgIpc) is 2.48. The first-order valence-corrected chi connectivity index (χ1v) is 7.42. The molecular formula is C15H23N3O3. The predicted octanol–water partition coefficient (Wildman–Crippen LogP) is 0.653. The van der Waals surface area contributed by atoms with E-state index in [9.17, 15) is 9.59 Å². The molecule has 0 radical (unpaired) electrons. The van der Waals surface area contributed by atoms with Crippen molar-refractivity contribution in [2.24, 2.45) is 5.73 Å². The fourth-order valence-corrected chi connectivity index (χ4v) is 2.47. The van der Waals surface area contributed by atoms with E-state index >= 15 is 0 Å². The average molecular weight is 293 g/mol. The third kappa shape index (κ3) is 4.15. The number of aryl methyl sites for hydroxylation is 1. The fourth-order valence-electron chi connectivity index (χ4n) is 2.47. The Bertz CT molecular complexity index is 533. The van der Waals surface area contributed by atoms with E-state index in [1.807, 2.05) is 0 Å². The first-order chi connectivity index (χ1) is 10.1. The highest BCUT2D eigenvalue weighted by atomic mass is 16.5. The zero-order valence-electron chi connectivity index (χ0n) is 12.4. The van der Waals surface area contributed by atoms with Gasteiger partial charge in [-0.2, -0.15) is 0 Å². The minimum atomic E-state index is -0.318. The Kier molecular flexibility index (Phi) is 5.52. The lowest BCUT2D eigenvalue weighted by Gasteiger charge is -2.31. The number of pyridine rings is 1. The van der Waals surface area contributed by atoms with Crippen LogP contribution in [0.15, 0.2) is 16.9 Å². The maximum absolute atomic E-state index is 12.3. The molecule has 21 heavy (non-hydrogen) atoms.